The fraction of sp³-hybridized carbons (Fsp3) is 0.884. The molecule has 0 saturated heterocycles. The molecular weight excluding hydrogens is 610 g/mol. The van der Waals surface area contributed by atoms with Crippen LogP contribution < -0.4 is 5.32 Å². The summed E-state index contributed by atoms with van der Waals surface area (Å²) in [4.78, 5) is 38.8. The largest absolute Gasteiger partial charge is 0.481 e. The summed E-state index contributed by atoms with van der Waals surface area (Å²) in [6, 6.07) is 0.657. The molecule has 6 heteroatoms. The third kappa shape index (κ3) is 6.18. The van der Waals surface area contributed by atoms with E-state index in [1.807, 2.05) is 0 Å². The zero-order valence-electron chi connectivity index (χ0n) is 32.3. The van der Waals surface area contributed by atoms with E-state index in [1.54, 1.807) is 19.4 Å². The zero-order valence-corrected chi connectivity index (χ0v) is 32.3. The van der Waals surface area contributed by atoms with Crippen LogP contribution in [0.4, 0.5) is 0 Å². The van der Waals surface area contributed by atoms with Gasteiger partial charge >= 0.3 is 11.9 Å². The first kappa shape index (κ1) is 37.1. The van der Waals surface area contributed by atoms with Gasteiger partial charge in [-0.1, -0.05) is 66.4 Å². The van der Waals surface area contributed by atoms with Crippen molar-refractivity contribution in [2.45, 2.75) is 177 Å². The number of aliphatic carboxylic acids is 1. The summed E-state index contributed by atoms with van der Waals surface area (Å²) in [5.41, 5.74) is 2.03. The number of hydrogen-bond donors (Lipinski definition) is 2. The second-order valence-corrected chi connectivity index (χ2v) is 19.6. The monoisotopic (exact) mass is 680 g/mol. The van der Waals surface area contributed by atoms with Gasteiger partial charge in [-0.2, -0.15) is 0 Å². The molecule has 5 fully saturated rings. The summed E-state index contributed by atoms with van der Waals surface area (Å²) in [5, 5.41) is 13.6. The van der Waals surface area contributed by atoms with E-state index < -0.39 is 11.4 Å². The lowest BCUT2D eigenvalue weighted by molar-refractivity contribution is -0.218. The van der Waals surface area contributed by atoms with E-state index in [1.165, 1.54) is 63.4 Å². The van der Waals surface area contributed by atoms with Crippen LogP contribution in [0, 0.1) is 56.7 Å². The van der Waals surface area contributed by atoms with Crippen LogP contribution in [-0.2, 0) is 19.1 Å². The van der Waals surface area contributed by atoms with Crippen LogP contribution in [0.1, 0.15) is 165 Å². The van der Waals surface area contributed by atoms with Crippen molar-refractivity contribution in [3.63, 3.8) is 0 Å². The van der Waals surface area contributed by atoms with Gasteiger partial charge in [0.1, 0.15) is 6.10 Å². The van der Waals surface area contributed by atoms with E-state index >= 15 is 0 Å². The number of carbonyl (C=O) groups excluding carboxylic acids is 2. The minimum Gasteiger partial charge on any atom is -0.481 e. The number of esters is 1. The number of carboxylic acid groups (broad SMARTS) is 1. The number of fused-ring (bicyclic) bond motifs is 7. The van der Waals surface area contributed by atoms with Gasteiger partial charge in [0.2, 0.25) is 0 Å². The summed E-state index contributed by atoms with van der Waals surface area (Å²) in [6.07, 6.45) is 18.3. The lowest BCUT2D eigenvalue weighted by atomic mass is 9.36. The maximum absolute atomic E-state index is 13.9. The highest BCUT2D eigenvalue weighted by atomic mass is 16.5. The molecule has 0 aliphatic heterocycles. The Bertz CT molecular complexity index is 1330. The molecule has 6 aliphatic carbocycles. The highest BCUT2D eigenvalue weighted by molar-refractivity contribution is 6.00. The number of hydrogen-bond acceptors (Lipinski definition) is 5. The molecule has 49 heavy (non-hydrogen) atoms. The van der Waals surface area contributed by atoms with E-state index in [-0.39, 0.29) is 46.1 Å². The van der Waals surface area contributed by atoms with Gasteiger partial charge in [0.15, 0.2) is 5.78 Å². The molecule has 7 unspecified atom stereocenters. The van der Waals surface area contributed by atoms with Crippen LogP contribution in [0.2, 0.25) is 0 Å². The van der Waals surface area contributed by atoms with E-state index in [2.05, 4.69) is 46.9 Å². The maximum Gasteiger partial charge on any atom is 0.309 e. The lowest BCUT2D eigenvalue weighted by Gasteiger charge is -2.69. The molecule has 0 aromatic heterocycles. The Kier molecular flexibility index (Phi) is 10.1. The van der Waals surface area contributed by atoms with E-state index in [9.17, 15) is 19.5 Å². The van der Waals surface area contributed by atoms with Crippen molar-refractivity contribution in [3.8, 4) is 0 Å². The molecule has 6 aliphatic rings. The van der Waals surface area contributed by atoms with Crippen LogP contribution >= 0.6 is 0 Å². The fourth-order valence-electron chi connectivity index (χ4n) is 13.7. The average Bonchev–Trinajstić information content (AvgIpc) is 3.34. The van der Waals surface area contributed by atoms with Gasteiger partial charge in [-0.15, -0.1) is 0 Å². The number of Topliss-reactive ketones (excluding diaryl/α,β-unsaturated/α-hetero) is 1. The summed E-state index contributed by atoms with van der Waals surface area (Å²) < 4.78 is 6.25. The van der Waals surface area contributed by atoms with Crippen LogP contribution in [-0.4, -0.2) is 41.5 Å². The minimum atomic E-state index is -1.13. The molecule has 0 spiro atoms. The number of nitrogens with one attached hydrogen (secondary N) is 1. The summed E-state index contributed by atoms with van der Waals surface area (Å²) in [6.45, 7) is 18.6. The molecule has 0 bridgehead atoms. The molecule has 2 N–H and O–H groups in total. The highest BCUT2D eigenvalue weighted by Crippen LogP contribution is 2.73. The van der Waals surface area contributed by atoms with E-state index in [4.69, 9.17) is 4.74 Å². The Hall–Kier alpha value is -1.69. The number of allylic oxidation sites excluding steroid dienone is 2. The first-order valence-corrected chi connectivity index (χ1v) is 20.5. The molecule has 0 amide bonds. The van der Waals surface area contributed by atoms with Crippen molar-refractivity contribution < 1.29 is 24.2 Å². The molecule has 6 rings (SSSR count). The molecule has 0 aromatic rings. The fourth-order valence-corrected chi connectivity index (χ4v) is 13.7. The van der Waals surface area contributed by atoms with Gasteiger partial charge < -0.3 is 15.2 Å². The van der Waals surface area contributed by atoms with Crippen molar-refractivity contribution in [1.82, 2.24) is 5.32 Å². The quantitative estimate of drug-likeness (QED) is 0.223. The number of ketones is 1. The van der Waals surface area contributed by atoms with E-state index in [0.29, 0.717) is 35.5 Å². The predicted octanol–water partition coefficient (Wildman–Crippen LogP) is 9.69. The van der Waals surface area contributed by atoms with Gasteiger partial charge in [0, 0.05) is 23.3 Å². The maximum atomic E-state index is 13.9. The molecule has 9 atom stereocenters. The first-order valence-electron chi connectivity index (χ1n) is 20.5. The molecule has 0 aromatic carbocycles. The Balaban J connectivity index is 1.23. The molecule has 5 saturated carbocycles. The zero-order chi connectivity index (χ0) is 35.6. The van der Waals surface area contributed by atoms with Crippen LogP contribution in [0.3, 0.4) is 0 Å². The average molecular weight is 680 g/mol. The smallest absolute Gasteiger partial charge is 0.309 e. The van der Waals surface area contributed by atoms with Crippen LogP contribution in [0.25, 0.3) is 0 Å². The lowest BCUT2D eigenvalue weighted by Crippen LogP contribution is -2.63. The number of carbonyl (C=O) groups is 3. The molecule has 0 radical (unpaired) electrons. The van der Waals surface area contributed by atoms with Crippen molar-refractivity contribution in [3.05, 3.63) is 11.1 Å². The summed E-state index contributed by atoms with van der Waals surface area (Å²) in [7, 11) is 0. The standard InChI is InChI=1S/C43H69NO5/c1-9-40(6)33-18-20-41(7)30-17-22-43(23-24-44-28-13-11-10-12-14-28)25-31(45)36(27(2)3)37(43)29(30)15-16-32(41)42(33,8)21-19-34(40)49-35(46)26-39(4,5)38(47)48/h27-30,32-34,44H,9-26H2,1-8H3,(H,47,48)/t29?,30?,32?,33-,34-,40?,41?,42?,43?/m0/s1. The van der Waals surface area contributed by atoms with Gasteiger partial charge in [-0.3, -0.25) is 14.4 Å². The number of carboxylic acids is 1. The Labute approximate surface area is 297 Å². The normalized spacial score (nSPS) is 41.2. The highest BCUT2D eigenvalue weighted by Gasteiger charge is 2.67. The number of ether oxygens (including phenoxy) is 1. The number of rotatable bonds is 10. The Morgan fingerprint density at radius 3 is 2.27 bits per heavy atom. The minimum absolute atomic E-state index is 0.0573. The molecule has 6 nitrogen and oxygen atoms in total. The van der Waals surface area contributed by atoms with Crippen molar-refractivity contribution in [1.29, 1.82) is 0 Å². The molecule has 0 heterocycles. The van der Waals surface area contributed by atoms with Crippen molar-refractivity contribution >= 4 is 17.7 Å². The van der Waals surface area contributed by atoms with Crippen molar-refractivity contribution in [2.75, 3.05) is 6.54 Å². The molecule has 276 valence electrons. The Morgan fingerprint density at radius 2 is 1.61 bits per heavy atom. The van der Waals surface area contributed by atoms with Crippen LogP contribution in [0.5, 0.6) is 0 Å². The SMILES string of the molecule is CCC1(C)[C@@H](OC(=O)CC(C)(C)C(=O)O)CCC2(C)C3CCC4C5=C(C(C)C)C(=O)CC5(CCNC5CCCCC5)CCC4C3(C)CC[C@H]21. The third-order valence-corrected chi connectivity index (χ3v) is 16.3. The Morgan fingerprint density at radius 1 is 0.918 bits per heavy atom. The van der Waals surface area contributed by atoms with E-state index in [0.717, 1.165) is 51.5 Å². The summed E-state index contributed by atoms with van der Waals surface area (Å²) in [5.74, 6) is 1.64. The summed E-state index contributed by atoms with van der Waals surface area (Å²) >= 11 is 0. The van der Waals surface area contributed by atoms with Gasteiger partial charge in [0.25, 0.3) is 0 Å². The topological polar surface area (TPSA) is 92.7 Å². The molecular formula is C43H69NO5. The van der Waals surface area contributed by atoms with Crippen molar-refractivity contribution in [2.24, 2.45) is 56.7 Å². The first-order chi connectivity index (χ1) is 23.0. The third-order valence-electron chi connectivity index (χ3n) is 16.3. The van der Waals surface area contributed by atoms with Gasteiger partial charge in [0.05, 0.1) is 11.8 Å². The van der Waals surface area contributed by atoms with Crippen LogP contribution in [0.15, 0.2) is 11.1 Å². The van der Waals surface area contributed by atoms with Gasteiger partial charge in [-0.05, 0) is 143 Å². The second-order valence-electron chi connectivity index (χ2n) is 19.6. The van der Waals surface area contributed by atoms with Gasteiger partial charge in [-0.25, -0.2) is 0 Å². The second kappa shape index (κ2) is 13.4. The predicted molar refractivity (Wildman–Crippen MR) is 195 cm³/mol.